The number of pyridine rings is 1. The molecule has 0 unspecified atom stereocenters. The number of hydrogen-bond acceptors (Lipinski definition) is 8. The van der Waals surface area contributed by atoms with E-state index >= 15 is 0 Å². The molecule has 31 heavy (non-hydrogen) atoms. The number of anilines is 4. The van der Waals surface area contributed by atoms with Crippen LogP contribution in [-0.2, 0) is 0 Å². The lowest BCUT2D eigenvalue weighted by molar-refractivity contribution is 0.416. The van der Waals surface area contributed by atoms with Gasteiger partial charge in [0.1, 0.15) is 11.6 Å². The number of hydrogen-bond donors (Lipinski definition) is 3. The Bertz CT molecular complexity index is 1200. The normalized spacial score (nSPS) is 11.2. The van der Waals surface area contributed by atoms with Crippen LogP contribution in [0.15, 0.2) is 55.1 Å². The van der Waals surface area contributed by atoms with E-state index in [1.807, 2.05) is 50.4 Å². The molecule has 0 radical (unpaired) electrons. The fourth-order valence-electron chi connectivity index (χ4n) is 3.33. The molecule has 0 aliphatic heterocycles. The fraction of sp³-hybridized carbons (Fsp3) is 0.227. The van der Waals surface area contributed by atoms with Gasteiger partial charge in [-0.1, -0.05) is 0 Å². The van der Waals surface area contributed by atoms with Gasteiger partial charge in [0.15, 0.2) is 5.65 Å². The molecule has 3 aromatic heterocycles. The van der Waals surface area contributed by atoms with Crippen LogP contribution >= 0.6 is 0 Å². The summed E-state index contributed by atoms with van der Waals surface area (Å²) in [6, 6.07) is 9.01. The van der Waals surface area contributed by atoms with Crippen LogP contribution in [0.25, 0.3) is 16.8 Å². The molecule has 4 rings (SSSR count). The van der Waals surface area contributed by atoms with Gasteiger partial charge in [-0.05, 0) is 43.9 Å². The van der Waals surface area contributed by atoms with Gasteiger partial charge in [0, 0.05) is 50.4 Å². The van der Waals surface area contributed by atoms with E-state index in [1.54, 1.807) is 35.2 Å². The molecular weight excluding hydrogens is 392 g/mol. The Morgan fingerprint density at radius 2 is 1.94 bits per heavy atom. The molecule has 1 aromatic carbocycles. The van der Waals surface area contributed by atoms with Gasteiger partial charge >= 0.3 is 0 Å². The molecule has 0 spiro atoms. The van der Waals surface area contributed by atoms with Crippen molar-refractivity contribution in [2.45, 2.75) is 0 Å². The van der Waals surface area contributed by atoms with Crippen molar-refractivity contribution in [1.29, 1.82) is 0 Å². The first-order valence-electron chi connectivity index (χ1n) is 9.92. The first-order valence-corrected chi connectivity index (χ1v) is 9.92. The maximum absolute atomic E-state index is 10.6. The van der Waals surface area contributed by atoms with Crippen molar-refractivity contribution in [1.82, 2.24) is 24.5 Å². The first-order chi connectivity index (χ1) is 14.9. The number of nitrogens with zero attached hydrogens (tertiary/aromatic N) is 6. The molecule has 0 aliphatic carbocycles. The molecule has 4 N–H and O–H groups in total. The molecule has 0 aliphatic rings. The van der Waals surface area contributed by atoms with Crippen molar-refractivity contribution in [3.63, 3.8) is 0 Å². The van der Waals surface area contributed by atoms with Crippen molar-refractivity contribution in [3.8, 4) is 16.9 Å². The molecule has 0 bridgehead atoms. The second-order valence-electron chi connectivity index (χ2n) is 7.65. The van der Waals surface area contributed by atoms with E-state index in [-0.39, 0.29) is 5.75 Å². The minimum Gasteiger partial charge on any atom is -0.506 e. The first kappa shape index (κ1) is 20.4. The Kier molecular flexibility index (Phi) is 5.59. The van der Waals surface area contributed by atoms with Crippen molar-refractivity contribution >= 4 is 28.5 Å². The van der Waals surface area contributed by atoms with E-state index < -0.39 is 0 Å². The SMILES string of the molecule is CN(C)CCN(C)c1cc(O)c(Nc2cc(-c3cnn4cccnc34)ccn2)cc1N. The van der Waals surface area contributed by atoms with E-state index in [1.165, 1.54) is 0 Å². The van der Waals surface area contributed by atoms with Gasteiger partial charge in [-0.15, -0.1) is 0 Å². The summed E-state index contributed by atoms with van der Waals surface area (Å²) in [5.41, 5.74) is 10.7. The van der Waals surface area contributed by atoms with Crippen LogP contribution in [0, 0.1) is 0 Å². The molecule has 0 saturated heterocycles. The largest absolute Gasteiger partial charge is 0.506 e. The molecule has 4 aromatic rings. The smallest absolute Gasteiger partial charge is 0.162 e. The number of phenols is 1. The summed E-state index contributed by atoms with van der Waals surface area (Å²) in [7, 11) is 5.99. The third kappa shape index (κ3) is 4.36. The topological polar surface area (TPSA) is 108 Å². The minimum absolute atomic E-state index is 0.103. The second kappa shape index (κ2) is 8.49. The number of likely N-dealkylation sites (N-methyl/N-ethyl adjacent to an activating group) is 2. The summed E-state index contributed by atoms with van der Waals surface area (Å²) in [6.45, 7) is 1.67. The van der Waals surface area contributed by atoms with E-state index in [9.17, 15) is 5.11 Å². The van der Waals surface area contributed by atoms with E-state index in [0.29, 0.717) is 17.2 Å². The monoisotopic (exact) mass is 418 g/mol. The second-order valence-corrected chi connectivity index (χ2v) is 7.65. The third-order valence-corrected chi connectivity index (χ3v) is 5.05. The molecule has 0 atom stereocenters. The summed E-state index contributed by atoms with van der Waals surface area (Å²) >= 11 is 0. The van der Waals surface area contributed by atoms with Crippen molar-refractivity contribution in [2.75, 3.05) is 50.2 Å². The molecule has 160 valence electrons. The standard InChI is InChI=1S/C22H26N8O/c1-28(2)9-10-29(3)19-13-20(31)18(12-17(19)23)27-21-11-15(5-7-24-21)16-14-26-30-8-4-6-25-22(16)30/h4-8,11-14,31H,9-10,23H2,1-3H3,(H,24,27). The Hall–Kier alpha value is -3.85. The average molecular weight is 419 g/mol. The van der Waals surface area contributed by atoms with Gasteiger partial charge in [-0.25, -0.2) is 14.5 Å². The van der Waals surface area contributed by atoms with E-state index in [0.717, 1.165) is 35.6 Å². The number of benzene rings is 1. The van der Waals surface area contributed by atoms with Gasteiger partial charge in [0.2, 0.25) is 0 Å². The fourth-order valence-corrected chi connectivity index (χ4v) is 3.33. The maximum atomic E-state index is 10.6. The Morgan fingerprint density at radius 3 is 2.74 bits per heavy atom. The summed E-state index contributed by atoms with van der Waals surface area (Å²) in [4.78, 5) is 12.9. The molecule has 3 heterocycles. The summed E-state index contributed by atoms with van der Waals surface area (Å²) in [6.07, 6.45) is 7.06. The number of aromatic hydroxyl groups is 1. The van der Waals surface area contributed by atoms with E-state index in [2.05, 4.69) is 25.3 Å². The van der Waals surface area contributed by atoms with Crippen molar-refractivity contribution in [3.05, 3.63) is 55.1 Å². The lowest BCUT2D eigenvalue weighted by atomic mass is 10.1. The highest BCUT2D eigenvalue weighted by Gasteiger charge is 2.13. The molecule has 0 amide bonds. The lowest BCUT2D eigenvalue weighted by Gasteiger charge is -2.24. The quantitative estimate of drug-likeness (QED) is 0.239. The third-order valence-electron chi connectivity index (χ3n) is 5.05. The number of nitrogens with one attached hydrogen (secondary N) is 1. The predicted molar refractivity (Wildman–Crippen MR) is 124 cm³/mol. The van der Waals surface area contributed by atoms with Crippen LogP contribution in [0.4, 0.5) is 22.9 Å². The van der Waals surface area contributed by atoms with Gasteiger partial charge in [0.25, 0.3) is 0 Å². The summed E-state index contributed by atoms with van der Waals surface area (Å²) < 4.78 is 1.72. The molecule has 0 saturated carbocycles. The Morgan fingerprint density at radius 1 is 1.10 bits per heavy atom. The van der Waals surface area contributed by atoms with Crippen LogP contribution in [0.5, 0.6) is 5.75 Å². The number of nitrogens with two attached hydrogens (primary N) is 1. The predicted octanol–water partition coefficient (Wildman–Crippen LogP) is 2.82. The number of fused-ring (bicyclic) bond motifs is 1. The van der Waals surface area contributed by atoms with Crippen LogP contribution in [0.3, 0.4) is 0 Å². The Balaban J connectivity index is 1.58. The van der Waals surface area contributed by atoms with Gasteiger partial charge in [0.05, 0.1) is 23.3 Å². The summed E-state index contributed by atoms with van der Waals surface area (Å²) in [5.74, 6) is 0.682. The summed E-state index contributed by atoms with van der Waals surface area (Å²) in [5, 5.41) is 18.1. The highest BCUT2D eigenvalue weighted by Crippen LogP contribution is 2.36. The minimum atomic E-state index is 0.103. The van der Waals surface area contributed by atoms with E-state index in [4.69, 9.17) is 5.73 Å². The molecular formula is C22H26N8O. The van der Waals surface area contributed by atoms with Gasteiger partial charge in [-0.2, -0.15) is 5.10 Å². The molecule has 9 nitrogen and oxygen atoms in total. The molecule has 9 heteroatoms. The maximum Gasteiger partial charge on any atom is 0.162 e. The lowest BCUT2D eigenvalue weighted by Crippen LogP contribution is -2.28. The van der Waals surface area contributed by atoms with Gasteiger partial charge in [-0.3, -0.25) is 0 Å². The van der Waals surface area contributed by atoms with Crippen LogP contribution in [0.2, 0.25) is 0 Å². The zero-order chi connectivity index (χ0) is 22.0. The zero-order valence-corrected chi connectivity index (χ0v) is 17.8. The highest BCUT2D eigenvalue weighted by molar-refractivity contribution is 5.81. The van der Waals surface area contributed by atoms with Crippen LogP contribution in [0.1, 0.15) is 0 Å². The van der Waals surface area contributed by atoms with Crippen molar-refractivity contribution in [2.24, 2.45) is 0 Å². The number of nitrogen functional groups attached to an aromatic ring is 1. The van der Waals surface area contributed by atoms with Crippen molar-refractivity contribution < 1.29 is 5.11 Å². The van der Waals surface area contributed by atoms with Crippen LogP contribution in [-0.4, -0.2) is 63.8 Å². The zero-order valence-electron chi connectivity index (χ0n) is 17.8. The molecule has 0 fully saturated rings. The Labute approximate surface area is 180 Å². The average Bonchev–Trinajstić information content (AvgIpc) is 3.19. The highest BCUT2D eigenvalue weighted by atomic mass is 16.3. The number of rotatable bonds is 7. The number of aromatic nitrogens is 4. The van der Waals surface area contributed by atoms with Crippen LogP contribution < -0.4 is 16.0 Å². The number of phenolic OH excluding ortho intramolecular Hbond substituents is 1. The van der Waals surface area contributed by atoms with Gasteiger partial charge < -0.3 is 26.0 Å².